The Balaban J connectivity index is 1.95. The highest BCUT2D eigenvalue weighted by Crippen LogP contribution is 2.34. The van der Waals surface area contributed by atoms with Crippen LogP contribution in [0.5, 0.6) is 0 Å². The summed E-state index contributed by atoms with van der Waals surface area (Å²) in [7, 11) is -3.89. The molecule has 0 aliphatic rings. The van der Waals surface area contributed by atoms with Crippen LogP contribution in [0.15, 0.2) is 53.3 Å². The third-order valence-electron chi connectivity index (χ3n) is 5.46. The van der Waals surface area contributed by atoms with E-state index in [1.54, 1.807) is 0 Å². The van der Waals surface area contributed by atoms with Crippen LogP contribution in [-0.4, -0.2) is 47.6 Å². The van der Waals surface area contributed by atoms with Crippen LogP contribution >= 0.6 is 11.6 Å². The smallest absolute Gasteiger partial charge is 0.346 e. The first-order valence-corrected chi connectivity index (χ1v) is 13.6. The largest absolute Gasteiger partial charge is 0.416 e. The number of nitrogens with zero attached hydrogens (tertiary/aromatic N) is 3. The molecule has 2 aromatic carbocycles. The maximum Gasteiger partial charge on any atom is 0.416 e. The van der Waals surface area contributed by atoms with Gasteiger partial charge in [0.2, 0.25) is 15.9 Å². The second-order valence-corrected chi connectivity index (χ2v) is 10.9. The molecule has 0 fully saturated rings. The number of alkyl halides is 6. The molecule has 1 unspecified atom stereocenters. The van der Waals surface area contributed by atoms with E-state index in [1.807, 2.05) is 4.72 Å². The summed E-state index contributed by atoms with van der Waals surface area (Å²) in [6, 6.07) is 8.28. The van der Waals surface area contributed by atoms with Crippen molar-refractivity contribution in [3.8, 4) is 11.4 Å². The van der Waals surface area contributed by atoms with Gasteiger partial charge in [-0.15, -0.1) is 5.10 Å². The molecule has 1 atom stereocenters. The zero-order chi connectivity index (χ0) is 29.9. The van der Waals surface area contributed by atoms with Gasteiger partial charge >= 0.3 is 18.0 Å². The van der Waals surface area contributed by atoms with Crippen LogP contribution in [0.25, 0.3) is 11.4 Å². The molecule has 9 nitrogen and oxygen atoms in total. The lowest BCUT2D eigenvalue weighted by Gasteiger charge is -2.23. The number of aromatic nitrogens is 3. The fraction of sp³-hybridized carbons (Fsp3) is 0.348. The van der Waals surface area contributed by atoms with E-state index < -0.39 is 77.2 Å². The Morgan fingerprint density at radius 1 is 1.05 bits per heavy atom. The van der Waals surface area contributed by atoms with Gasteiger partial charge in [0.1, 0.15) is 6.54 Å². The van der Waals surface area contributed by atoms with Crippen LogP contribution in [0.1, 0.15) is 23.6 Å². The normalized spacial score (nSPS) is 13.3. The van der Waals surface area contributed by atoms with Crippen molar-refractivity contribution in [2.45, 2.75) is 37.9 Å². The van der Waals surface area contributed by atoms with Crippen molar-refractivity contribution in [2.75, 3.05) is 12.8 Å². The van der Waals surface area contributed by atoms with Gasteiger partial charge in [-0.2, -0.15) is 26.3 Å². The number of benzene rings is 2. The number of halogens is 7. The fourth-order valence-corrected chi connectivity index (χ4v) is 4.30. The minimum absolute atomic E-state index is 0.198. The summed E-state index contributed by atoms with van der Waals surface area (Å²) < 4.78 is 106. The van der Waals surface area contributed by atoms with E-state index in [2.05, 4.69) is 10.4 Å². The van der Waals surface area contributed by atoms with E-state index in [9.17, 15) is 44.3 Å². The predicted octanol–water partition coefficient (Wildman–Crippen LogP) is 3.74. The summed E-state index contributed by atoms with van der Waals surface area (Å²) in [4.78, 5) is 25.8. The van der Waals surface area contributed by atoms with Gasteiger partial charge in [-0.05, 0) is 35.9 Å². The van der Waals surface area contributed by atoms with Gasteiger partial charge in [0.25, 0.3) is 0 Å². The molecule has 3 rings (SSSR count). The number of sulfonamides is 1. The molecule has 1 heterocycles. The van der Waals surface area contributed by atoms with Gasteiger partial charge in [0.05, 0.1) is 24.3 Å². The second kappa shape index (κ2) is 12.0. The summed E-state index contributed by atoms with van der Waals surface area (Å²) in [6.45, 7) is -2.37. The maximum atomic E-state index is 13.6. The van der Waals surface area contributed by atoms with Crippen molar-refractivity contribution in [1.82, 2.24) is 24.4 Å². The lowest BCUT2D eigenvalue weighted by atomic mass is 10.00. The Labute approximate surface area is 228 Å². The zero-order valence-electron chi connectivity index (χ0n) is 20.6. The maximum absolute atomic E-state index is 13.6. The van der Waals surface area contributed by atoms with Gasteiger partial charge < -0.3 is 5.32 Å². The van der Waals surface area contributed by atoms with Gasteiger partial charge in [-0.1, -0.05) is 29.8 Å². The third-order valence-corrected chi connectivity index (χ3v) is 6.41. The second-order valence-electron chi connectivity index (χ2n) is 8.61. The molecule has 0 radical (unpaired) electrons. The number of nitrogens with one attached hydrogen (secondary N) is 2. The van der Waals surface area contributed by atoms with Crippen LogP contribution in [0.4, 0.5) is 26.3 Å². The van der Waals surface area contributed by atoms with E-state index in [0.717, 1.165) is 24.5 Å². The quantitative estimate of drug-likeness (QED) is 0.338. The average Bonchev–Trinajstić information content (AvgIpc) is 3.14. The third kappa shape index (κ3) is 8.56. The molecule has 0 aliphatic heterocycles. The Morgan fingerprint density at radius 3 is 2.25 bits per heavy atom. The van der Waals surface area contributed by atoms with E-state index in [0.29, 0.717) is 14.3 Å². The van der Waals surface area contributed by atoms with E-state index in [-0.39, 0.29) is 11.4 Å². The number of hydrogen-bond donors (Lipinski definition) is 2. The van der Waals surface area contributed by atoms with Crippen LogP contribution in [0.3, 0.4) is 0 Å². The van der Waals surface area contributed by atoms with E-state index in [4.69, 9.17) is 11.6 Å². The summed E-state index contributed by atoms with van der Waals surface area (Å²) in [5, 5.41) is 6.54. The Kier molecular flexibility index (Phi) is 9.36. The fourth-order valence-electron chi connectivity index (χ4n) is 3.71. The number of carbonyl (C=O) groups excluding carboxylic acids is 1. The lowest BCUT2D eigenvalue weighted by Crippen LogP contribution is -2.41. The van der Waals surface area contributed by atoms with Crippen LogP contribution < -0.4 is 15.7 Å². The summed E-state index contributed by atoms with van der Waals surface area (Å²) >= 11 is 5.85. The SMILES string of the molecule is CS(=O)(=O)NCC(NC(=O)Cn1nc(-c2ccc(Cl)cc2)n(CCC(F)(F)F)c1=O)c1ccccc1C(F)(F)F. The highest BCUT2D eigenvalue weighted by atomic mass is 35.5. The van der Waals surface area contributed by atoms with Gasteiger partial charge in [-0.25, -0.2) is 22.6 Å². The predicted molar refractivity (Wildman–Crippen MR) is 133 cm³/mol. The summed E-state index contributed by atoms with van der Waals surface area (Å²) in [6.07, 6.45) is -10.1. The number of amides is 1. The van der Waals surface area contributed by atoms with Gasteiger partial charge in [-0.3, -0.25) is 9.36 Å². The highest BCUT2D eigenvalue weighted by Gasteiger charge is 2.35. The van der Waals surface area contributed by atoms with Crippen LogP contribution in [0.2, 0.25) is 5.02 Å². The molecule has 3 aromatic rings. The standard InChI is InChI=1S/C23H22ClF6N5O4S/c1-40(38,39)31-12-18(16-4-2-3-5-17(16)23(28,29)30)32-19(36)13-35-21(37)34(11-10-22(25,26)27)20(33-35)14-6-8-15(24)9-7-14/h2-9,18,31H,10-13H2,1H3,(H,32,36). The topological polar surface area (TPSA) is 115 Å². The molecule has 0 saturated heterocycles. The van der Waals surface area contributed by atoms with Crippen molar-refractivity contribution < 1.29 is 39.6 Å². The Hall–Kier alpha value is -3.37. The number of carbonyl (C=O) groups is 1. The monoisotopic (exact) mass is 613 g/mol. The zero-order valence-corrected chi connectivity index (χ0v) is 22.1. The van der Waals surface area contributed by atoms with Crippen molar-refractivity contribution in [2.24, 2.45) is 0 Å². The molecular formula is C23H22ClF6N5O4S. The molecule has 40 heavy (non-hydrogen) atoms. The molecule has 0 bridgehead atoms. The minimum atomic E-state index is -4.84. The molecule has 17 heteroatoms. The molecule has 1 amide bonds. The lowest BCUT2D eigenvalue weighted by molar-refractivity contribution is -0.139. The van der Waals surface area contributed by atoms with Crippen LogP contribution in [-0.2, 0) is 34.1 Å². The van der Waals surface area contributed by atoms with Crippen LogP contribution in [0, 0.1) is 0 Å². The first kappa shape index (κ1) is 31.2. The van der Waals surface area contributed by atoms with E-state index in [1.165, 1.54) is 30.3 Å². The molecular weight excluding hydrogens is 592 g/mol. The molecule has 0 spiro atoms. The Bertz CT molecular complexity index is 1520. The minimum Gasteiger partial charge on any atom is -0.346 e. The average molecular weight is 614 g/mol. The van der Waals surface area contributed by atoms with Crippen molar-refractivity contribution in [3.05, 3.63) is 75.2 Å². The number of hydrogen-bond acceptors (Lipinski definition) is 5. The number of rotatable bonds is 10. The highest BCUT2D eigenvalue weighted by molar-refractivity contribution is 7.88. The van der Waals surface area contributed by atoms with Crippen molar-refractivity contribution in [1.29, 1.82) is 0 Å². The van der Waals surface area contributed by atoms with Crippen molar-refractivity contribution >= 4 is 27.5 Å². The molecule has 1 aromatic heterocycles. The molecule has 218 valence electrons. The first-order valence-electron chi connectivity index (χ1n) is 11.3. The summed E-state index contributed by atoms with van der Waals surface area (Å²) in [5.74, 6) is -1.25. The Morgan fingerprint density at radius 2 is 1.68 bits per heavy atom. The molecule has 0 saturated carbocycles. The van der Waals surface area contributed by atoms with Gasteiger partial charge in [0.15, 0.2) is 5.82 Å². The first-order chi connectivity index (χ1) is 18.4. The summed E-state index contributed by atoms with van der Waals surface area (Å²) in [5.41, 5.74) is -2.44. The van der Waals surface area contributed by atoms with Gasteiger partial charge in [0, 0.05) is 23.7 Å². The molecule has 2 N–H and O–H groups in total. The molecule has 0 aliphatic carbocycles. The van der Waals surface area contributed by atoms with E-state index >= 15 is 0 Å². The van der Waals surface area contributed by atoms with Crippen molar-refractivity contribution in [3.63, 3.8) is 0 Å².